The third kappa shape index (κ3) is 4.42. The smallest absolute Gasteiger partial charge is 0.339 e. The lowest BCUT2D eigenvalue weighted by atomic mass is 9.85. The highest BCUT2D eigenvalue weighted by Crippen LogP contribution is 2.37. The Bertz CT molecular complexity index is 908. The van der Waals surface area contributed by atoms with Crippen LogP contribution < -0.4 is 0 Å². The average molecular weight is 376 g/mol. The van der Waals surface area contributed by atoms with Crippen molar-refractivity contribution in [3.05, 3.63) is 101 Å². The van der Waals surface area contributed by atoms with Gasteiger partial charge < -0.3 is 10.2 Å². The molecule has 2 unspecified atom stereocenters. The van der Waals surface area contributed by atoms with Crippen molar-refractivity contribution in [3.8, 4) is 5.75 Å². The lowest BCUT2D eigenvalue weighted by Gasteiger charge is -2.20. The quantitative estimate of drug-likeness (QED) is 0.656. The summed E-state index contributed by atoms with van der Waals surface area (Å²) >= 11 is 0. The van der Waals surface area contributed by atoms with Crippen LogP contribution in [0.2, 0.25) is 0 Å². The Kier molecular flexibility index (Phi) is 6.85. The van der Waals surface area contributed by atoms with Crippen LogP contribution in [0.5, 0.6) is 5.75 Å². The maximum absolute atomic E-state index is 11.7. The Hall–Kier alpha value is -2.54. The molecule has 3 aromatic rings. The van der Waals surface area contributed by atoms with Crippen molar-refractivity contribution in [2.24, 2.45) is 0 Å². The molecule has 0 heterocycles. The van der Waals surface area contributed by atoms with E-state index < -0.39 is 5.97 Å². The number of rotatable bonds is 5. The fourth-order valence-corrected chi connectivity index (χ4v) is 3.28. The molecule has 0 aromatic heterocycles. The molecule has 3 aromatic carbocycles. The van der Waals surface area contributed by atoms with E-state index in [1.165, 1.54) is 0 Å². The SMILES string of the molecule is CC(c1ccccc1)c1cc(C(=O)O)c(O)c(C(C)c2ccccc2)c1.[AlH3]. The average Bonchev–Trinajstić information content (AvgIpc) is 2.68. The van der Waals surface area contributed by atoms with Crippen molar-refractivity contribution in [2.75, 3.05) is 0 Å². The lowest BCUT2D eigenvalue weighted by molar-refractivity contribution is 0.0693. The van der Waals surface area contributed by atoms with Gasteiger partial charge in [0.05, 0.1) is 0 Å². The van der Waals surface area contributed by atoms with Crippen molar-refractivity contribution in [1.29, 1.82) is 0 Å². The van der Waals surface area contributed by atoms with E-state index in [9.17, 15) is 15.0 Å². The largest absolute Gasteiger partial charge is 0.507 e. The Balaban J connectivity index is 0.00000261. The van der Waals surface area contributed by atoms with Crippen LogP contribution in [0.15, 0.2) is 72.8 Å². The van der Waals surface area contributed by atoms with Gasteiger partial charge in [0.15, 0.2) is 17.4 Å². The number of carbonyl (C=O) groups is 1. The number of benzene rings is 3. The topological polar surface area (TPSA) is 57.5 Å². The molecule has 0 aliphatic carbocycles. The number of phenols is 1. The summed E-state index contributed by atoms with van der Waals surface area (Å²) in [6, 6.07) is 23.2. The molecule has 2 atom stereocenters. The summed E-state index contributed by atoms with van der Waals surface area (Å²) in [5, 5.41) is 20.1. The molecule has 27 heavy (non-hydrogen) atoms. The van der Waals surface area contributed by atoms with Gasteiger partial charge in [0.1, 0.15) is 11.3 Å². The molecule has 0 spiro atoms. The molecule has 4 heteroatoms. The molecule has 3 nitrogen and oxygen atoms in total. The minimum Gasteiger partial charge on any atom is -0.507 e. The molecular formula is C23H25AlO3. The van der Waals surface area contributed by atoms with Gasteiger partial charge in [-0.05, 0) is 22.8 Å². The molecule has 0 radical (unpaired) electrons. The van der Waals surface area contributed by atoms with Crippen LogP contribution in [0.1, 0.15) is 58.3 Å². The second-order valence-corrected chi connectivity index (χ2v) is 6.58. The Morgan fingerprint density at radius 2 is 1.26 bits per heavy atom. The fraction of sp³-hybridized carbons (Fsp3) is 0.174. The number of hydrogen-bond donors (Lipinski definition) is 2. The second kappa shape index (κ2) is 8.90. The molecule has 0 bridgehead atoms. The van der Waals surface area contributed by atoms with E-state index in [4.69, 9.17) is 0 Å². The predicted molar refractivity (Wildman–Crippen MR) is 113 cm³/mol. The first-order valence-corrected chi connectivity index (χ1v) is 8.69. The van der Waals surface area contributed by atoms with Crippen LogP contribution >= 0.6 is 0 Å². The first-order chi connectivity index (χ1) is 12.5. The Morgan fingerprint density at radius 1 is 0.778 bits per heavy atom. The van der Waals surface area contributed by atoms with E-state index >= 15 is 0 Å². The van der Waals surface area contributed by atoms with Crippen LogP contribution in [0.3, 0.4) is 0 Å². The van der Waals surface area contributed by atoms with E-state index in [-0.39, 0.29) is 40.5 Å². The number of carboxylic acids is 1. The summed E-state index contributed by atoms with van der Waals surface area (Å²) in [4.78, 5) is 11.7. The molecule has 0 saturated carbocycles. The van der Waals surface area contributed by atoms with Gasteiger partial charge in [0.25, 0.3) is 0 Å². The molecule has 2 N–H and O–H groups in total. The zero-order valence-electron chi connectivity index (χ0n) is 14.9. The number of hydrogen-bond acceptors (Lipinski definition) is 2. The number of carboxylic acid groups (broad SMARTS) is 1. The van der Waals surface area contributed by atoms with Gasteiger partial charge in [0, 0.05) is 17.4 Å². The molecule has 0 saturated heterocycles. The van der Waals surface area contributed by atoms with E-state index in [1.807, 2.05) is 80.6 Å². The minimum atomic E-state index is -1.12. The summed E-state index contributed by atoms with van der Waals surface area (Å²) in [6.07, 6.45) is 0. The van der Waals surface area contributed by atoms with Crippen molar-refractivity contribution in [2.45, 2.75) is 25.7 Å². The van der Waals surface area contributed by atoms with Crippen LogP contribution in [0, 0.1) is 0 Å². The van der Waals surface area contributed by atoms with Crippen LogP contribution in [-0.4, -0.2) is 33.5 Å². The summed E-state index contributed by atoms with van der Waals surface area (Å²) < 4.78 is 0. The second-order valence-electron chi connectivity index (χ2n) is 6.58. The maximum atomic E-state index is 11.7. The molecular weight excluding hydrogens is 351 g/mol. The minimum absolute atomic E-state index is 0. The van der Waals surface area contributed by atoms with Crippen molar-refractivity contribution < 1.29 is 15.0 Å². The highest BCUT2D eigenvalue weighted by atomic mass is 27.0. The monoisotopic (exact) mass is 376 g/mol. The van der Waals surface area contributed by atoms with E-state index in [1.54, 1.807) is 6.07 Å². The molecule has 0 fully saturated rings. The maximum Gasteiger partial charge on any atom is 0.339 e. The van der Waals surface area contributed by atoms with Crippen LogP contribution in [-0.2, 0) is 0 Å². The third-order valence-electron chi connectivity index (χ3n) is 4.96. The summed E-state index contributed by atoms with van der Waals surface area (Å²) in [7, 11) is 0. The van der Waals surface area contributed by atoms with Gasteiger partial charge in [-0.3, -0.25) is 0 Å². The normalized spacial score (nSPS) is 12.7. The van der Waals surface area contributed by atoms with Gasteiger partial charge in [-0.15, -0.1) is 0 Å². The summed E-state index contributed by atoms with van der Waals surface area (Å²) in [6.45, 7) is 4.03. The highest BCUT2D eigenvalue weighted by molar-refractivity contribution is 5.91. The number of aromatic hydroxyl groups is 1. The van der Waals surface area contributed by atoms with E-state index in [0.717, 1.165) is 16.7 Å². The molecule has 3 rings (SSSR count). The Morgan fingerprint density at radius 3 is 1.74 bits per heavy atom. The number of aromatic carboxylic acids is 1. The standard InChI is InChI=1S/C23H22O3.Al.3H/c1-15(17-9-5-3-6-10-17)19-13-20(22(24)21(14-19)23(25)26)16(2)18-11-7-4-8-12-18;;;;/h3-16,24H,1-2H3,(H,25,26);;;;. The first kappa shape index (κ1) is 20.8. The van der Waals surface area contributed by atoms with Crippen molar-refractivity contribution in [1.82, 2.24) is 0 Å². The molecule has 0 aliphatic rings. The zero-order valence-corrected chi connectivity index (χ0v) is 14.9. The lowest BCUT2D eigenvalue weighted by Crippen LogP contribution is -2.07. The summed E-state index contributed by atoms with van der Waals surface area (Å²) in [5.41, 5.74) is 3.60. The van der Waals surface area contributed by atoms with E-state index in [0.29, 0.717) is 5.56 Å². The van der Waals surface area contributed by atoms with Gasteiger partial charge in [-0.1, -0.05) is 80.6 Å². The van der Waals surface area contributed by atoms with Gasteiger partial charge >= 0.3 is 5.97 Å². The first-order valence-electron chi connectivity index (χ1n) is 8.69. The molecule has 0 aliphatic heterocycles. The molecule has 138 valence electrons. The van der Waals surface area contributed by atoms with Crippen molar-refractivity contribution >= 4 is 23.3 Å². The van der Waals surface area contributed by atoms with Crippen molar-refractivity contribution in [3.63, 3.8) is 0 Å². The van der Waals surface area contributed by atoms with Crippen LogP contribution in [0.25, 0.3) is 0 Å². The van der Waals surface area contributed by atoms with Gasteiger partial charge in [-0.2, -0.15) is 0 Å². The Labute approximate surface area is 170 Å². The van der Waals surface area contributed by atoms with Crippen LogP contribution in [0.4, 0.5) is 0 Å². The molecule has 0 amide bonds. The zero-order chi connectivity index (χ0) is 18.7. The summed E-state index contributed by atoms with van der Waals surface area (Å²) in [5.74, 6) is -1.36. The highest BCUT2D eigenvalue weighted by Gasteiger charge is 2.22. The van der Waals surface area contributed by atoms with Gasteiger partial charge in [-0.25, -0.2) is 4.79 Å². The van der Waals surface area contributed by atoms with Gasteiger partial charge in [0.2, 0.25) is 0 Å². The van der Waals surface area contributed by atoms with E-state index in [2.05, 4.69) is 0 Å². The fourth-order valence-electron chi connectivity index (χ4n) is 3.28. The predicted octanol–water partition coefficient (Wildman–Crippen LogP) is 4.21. The third-order valence-corrected chi connectivity index (χ3v) is 4.96.